The van der Waals surface area contributed by atoms with E-state index in [-0.39, 0.29) is 0 Å². The Kier molecular flexibility index (Phi) is 4.69. The van der Waals surface area contributed by atoms with E-state index >= 15 is 0 Å². The largest absolute Gasteiger partial charge is 0.378 e. The average molecular weight is 194 g/mol. The summed E-state index contributed by atoms with van der Waals surface area (Å²) in [6.45, 7) is 2.79. The highest BCUT2D eigenvalue weighted by Gasteiger charge is 2.30. The SMILES string of the molecule is C#CCCC(=O)CC1CC(OCC)C1. The van der Waals surface area contributed by atoms with Crippen molar-refractivity contribution < 1.29 is 9.53 Å². The average Bonchev–Trinajstić information content (AvgIpc) is 2.11. The zero-order valence-corrected chi connectivity index (χ0v) is 8.79. The van der Waals surface area contributed by atoms with Gasteiger partial charge in [0.15, 0.2) is 0 Å². The molecule has 78 valence electrons. The lowest BCUT2D eigenvalue weighted by atomic mass is 9.78. The number of carbonyl (C=O) groups is 1. The van der Waals surface area contributed by atoms with Crippen LogP contribution in [0.2, 0.25) is 0 Å². The first-order valence-corrected chi connectivity index (χ1v) is 5.33. The highest BCUT2D eigenvalue weighted by molar-refractivity contribution is 5.78. The van der Waals surface area contributed by atoms with Crippen LogP contribution in [-0.2, 0) is 9.53 Å². The maximum Gasteiger partial charge on any atom is 0.134 e. The second-order valence-corrected chi connectivity index (χ2v) is 3.86. The van der Waals surface area contributed by atoms with Crippen molar-refractivity contribution >= 4 is 5.78 Å². The molecule has 0 amide bonds. The summed E-state index contributed by atoms with van der Waals surface area (Å²) in [5, 5.41) is 0. The van der Waals surface area contributed by atoms with Gasteiger partial charge in [-0.1, -0.05) is 0 Å². The molecular weight excluding hydrogens is 176 g/mol. The number of carbonyl (C=O) groups excluding carboxylic acids is 1. The monoisotopic (exact) mass is 194 g/mol. The number of ether oxygens (including phenoxy) is 1. The van der Waals surface area contributed by atoms with Gasteiger partial charge in [0.1, 0.15) is 5.78 Å². The number of ketones is 1. The van der Waals surface area contributed by atoms with Crippen molar-refractivity contribution in [2.24, 2.45) is 5.92 Å². The van der Waals surface area contributed by atoms with Gasteiger partial charge in [0, 0.05) is 25.9 Å². The van der Waals surface area contributed by atoms with E-state index in [1.165, 1.54) is 0 Å². The van der Waals surface area contributed by atoms with E-state index in [0.29, 0.717) is 37.1 Å². The first-order chi connectivity index (χ1) is 6.76. The molecular formula is C12H18O2. The molecule has 1 saturated carbocycles. The highest BCUT2D eigenvalue weighted by Crippen LogP contribution is 2.33. The first-order valence-electron chi connectivity index (χ1n) is 5.33. The maximum atomic E-state index is 11.3. The van der Waals surface area contributed by atoms with Gasteiger partial charge in [-0.3, -0.25) is 4.79 Å². The van der Waals surface area contributed by atoms with Crippen LogP contribution in [0.15, 0.2) is 0 Å². The van der Waals surface area contributed by atoms with Gasteiger partial charge in [0.2, 0.25) is 0 Å². The molecule has 1 fully saturated rings. The van der Waals surface area contributed by atoms with Crippen LogP contribution >= 0.6 is 0 Å². The van der Waals surface area contributed by atoms with E-state index in [9.17, 15) is 4.79 Å². The topological polar surface area (TPSA) is 26.3 Å². The van der Waals surface area contributed by atoms with Crippen LogP contribution in [0.4, 0.5) is 0 Å². The molecule has 1 aliphatic rings. The summed E-state index contributed by atoms with van der Waals surface area (Å²) < 4.78 is 5.43. The second-order valence-electron chi connectivity index (χ2n) is 3.86. The molecule has 0 aromatic rings. The molecule has 0 spiro atoms. The van der Waals surface area contributed by atoms with E-state index in [0.717, 1.165) is 19.4 Å². The van der Waals surface area contributed by atoms with Crippen LogP contribution in [0.1, 0.15) is 39.0 Å². The lowest BCUT2D eigenvalue weighted by molar-refractivity contribution is -0.122. The zero-order valence-electron chi connectivity index (χ0n) is 8.79. The van der Waals surface area contributed by atoms with Crippen molar-refractivity contribution in [3.63, 3.8) is 0 Å². The molecule has 0 unspecified atom stereocenters. The van der Waals surface area contributed by atoms with E-state index in [4.69, 9.17) is 11.2 Å². The van der Waals surface area contributed by atoms with Crippen molar-refractivity contribution in [3.8, 4) is 12.3 Å². The number of hydrogen-bond donors (Lipinski definition) is 0. The van der Waals surface area contributed by atoms with E-state index < -0.39 is 0 Å². The van der Waals surface area contributed by atoms with Gasteiger partial charge in [-0.05, 0) is 25.7 Å². The summed E-state index contributed by atoms with van der Waals surface area (Å²) in [5.74, 6) is 3.35. The van der Waals surface area contributed by atoms with E-state index in [1.54, 1.807) is 0 Å². The third-order valence-corrected chi connectivity index (χ3v) is 2.66. The predicted molar refractivity (Wildman–Crippen MR) is 55.8 cm³/mol. The second kappa shape index (κ2) is 5.82. The molecule has 0 atom stereocenters. The van der Waals surface area contributed by atoms with Gasteiger partial charge in [-0.25, -0.2) is 0 Å². The Bertz CT molecular complexity index is 221. The molecule has 0 N–H and O–H groups in total. The maximum absolute atomic E-state index is 11.3. The Hall–Kier alpha value is -0.810. The highest BCUT2D eigenvalue weighted by atomic mass is 16.5. The van der Waals surface area contributed by atoms with Crippen molar-refractivity contribution in [1.29, 1.82) is 0 Å². The Balaban J connectivity index is 2.05. The molecule has 0 aromatic heterocycles. The molecule has 0 heterocycles. The number of rotatable bonds is 6. The van der Waals surface area contributed by atoms with Crippen molar-refractivity contribution in [2.45, 2.75) is 45.1 Å². The van der Waals surface area contributed by atoms with Gasteiger partial charge in [-0.2, -0.15) is 0 Å². The van der Waals surface area contributed by atoms with Crippen LogP contribution in [-0.4, -0.2) is 18.5 Å². The third-order valence-electron chi connectivity index (χ3n) is 2.66. The number of terminal acetylenes is 1. The van der Waals surface area contributed by atoms with Crippen molar-refractivity contribution in [2.75, 3.05) is 6.61 Å². The molecule has 2 nitrogen and oxygen atoms in total. The molecule has 0 saturated heterocycles. The summed E-state index contributed by atoms with van der Waals surface area (Å²) in [7, 11) is 0. The van der Waals surface area contributed by atoms with Gasteiger partial charge >= 0.3 is 0 Å². The Morgan fingerprint density at radius 1 is 1.57 bits per heavy atom. The molecule has 2 heteroatoms. The molecule has 1 rings (SSSR count). The first kappa shape index (κ1) is 11.3. The Labute approximate surface area is 86.0 Å². The summed E-state index contributed by atoms with van der Waals surface area (Å²) >= 11 is 0. The fraction of sp³-hybridized carbons (Fsp3) is 0.750. The fourth-order valence-electron chi connectivity index (χ4n) is 1.85. The minimum absolute atomic E-state index is 0.308. The summed E-state index contributed by atoms with van der Waals surface area (Å²) in [6.07, 6.45) is 9.44. The molecule has 0 aromatic carbocycles. The lowest BCUT2D eigenvalue weighted by Gasteiger charge is -2.34. The van der Waals surface area contributed by atoms with E-state index in [2.05, 4.69) is 5.92 Å². The fourth-order valence-corrected chi connectivity index (χ4v) is 1.85. The number of Topliss-reactive ketones (excluding diaryl/α,β-unsaturated/α-hetero) is 1. The standard InChI is InChI=1S/C12H18O2/c1-3-5-6-11(13)7-10-8-12(9-10)14-4-2/h1,10,12H,4-9H2,2H3. The van der Waals surface area contributed by atoms with Crippen LogP contribution in [0.25, 0.3) is 0 Å². The lowest BCUT2D eigenvalue weighted by Crippen LogP contribution is -2.32. The Morgan fingerprint density at radius 3 is 2.86 bits per heavy atom. The quantitative estimate of drug-likeness (QED) is 0.606. The van der Waals surface area contributed by atoms with Crippen molar-refractivity contribution in [3.05, 3.63) is 0 Å². The minimum atomic E-state index is 0.308. The number of hydrogen-bond acceptors (Lipinski definition) is 2. The zero-order chi connectivity index (χ0) is 10.4. The van der Waals surface area contributed by atoms with Crippen LogP contribution < -0.4 is 0 Å². The summed E-state index contributed by atoms with van der Waals surface area (Å²) in [6, 6.07) is 0. The molecule has 1 aliphatic carbocycles. The normalized spacial score (nSPS) is 25.1. The molecule has 0 radical (unpaired) electrons. The summed E-state index contributed by atoms with van der Waals surface area (Å²) in [5.41, 5.74) is 0. The predicted octanol–water partition coefficient (Wildman–Crippen LogP) is 2.17. The van der Waals surface area contributed by atoms with Gasteiger partial charge in [-0.15, -0.1) is 12.3 Å². The van der Waals surface area contributed by atoms with Crippen LogP contribution in [0, 0.1) is 18.3 Å². The Morgan fingerprint density at radius 2 is 2.29 bits per heavy atom. The smallest absolute Gasteiger partial charge is 0.134 e. The van der Waals surface area contributed by atoms with Crippen LogP contribution in [0.3, 0.4) is 0 Å². The molecule has 0 aliphatic heterocycles. The van der Waals surface area contributed by atoms with Crippen molar-refractivity contribution in [1.82, 2.24) is 0 Å². The molecule has 14 heavy (non-hydrogen) atoms. The minimum Gasteiger partial charge on any atom is -0.378 e. The van der Waals surface area contributed by atoms with Crippen LogP contribution in [0.5, 0.6) is 0 Å². The van der Waals surface area contributed by atoms with Gasteiger partial charge < -0.3 is 4.74 Å². The van der Waals surface area contributed by atoms with Gasteiger partial charge in [0.05, 0.1) is 6.10 Å². The molecule has 0 bridgehead atoms. The van der Waals surface area contributed by atoms with Gasteiger partial charge in [0.25, 0.3) is 0 Å². The van der Waals surface area contributed by atoms with E-state index in [1.807, 2.05) is 6.92 Å². The summed E-state index contributed by atoms with van der Waals surface area (Å²) in [4.78, 5) is 11.3. The third kappa shape index (κ3) is 3.51.